The largest absolute Gasteiger partial charge is 0.153 e. The van der Waals surface area contributed by atoms with Gasteiger partial charge in [-0.3, -0.25) is 0 Å². The van der Waals surface area contributed by atoms with Crippen LogP contribution in [-0.2, 0) is 53.6 Å². The Morgan fingerprint density at radius 3 is 1.00 bits per heavy atom. The molecule has 1 atom stereocenters. The van der Waals surface area contributed by atoms with E-state index in [1.54, 1.807) is 0 Å². The fraction of sp³-hybridized carbons (Fsp3) is 0. The molecule has 8 heavy (non-hydrogen) atoms. The molecule has 0 aliphatic heterocycles. The van der Waals surface area contributed by atoms with Crippen molar-refractivity contribution < 1.29 is 53.6 Å². The fourth-order valence-electron chi connectivity index (χ4n) is 0. The maximum Gasteiger partial charge on any atom is 0 e. The van der Waals surface area contributed by atoms with Gasteiger partial charge in [-0.2, -0.15) is 9.90 Å². The van der Waals surface area contributed by atoms with Gasteiger partial charge in [-0.25, -0.2) is 0 Å². The summed E-state index contributed by atoms with van der Waals surface area (Å²) in [6.45, 7) is 0. The molecule has 1 unspecified atom stereocenters. The number of hydrogen-bond donors (Lipinski definition) is 0. The van der Waals surface area contributed by atoms with Crippen molar-refractivity contribution in [1.82, 2.24) is 0 Å². The van der Waals surface area contributed by atoms with Gasteiger partial charge in [0.1, 0.15) is 0 Å². The maximum atomic E-state index is 0. The van der Waals surface area contributed by atoms with Crippen LogP contribution in [0.1, 0.15) is 0 Å². The Labute approximate surface area is 199 Å². The molecule has 0 nitrogen and oxygen atoms in total. The van der Waals surface area contributed by atoms with Crippen LogP contribution >= 0.6 is 9.90 Å². The molecule has 0 saturated carbocycles. The quantitative estimate of drug-likeness (QED) is 0.372. The monoisotopic (exact) mass is 343 g/mol. The van der Waals surface area contributed by atoms with E-state index >= 15 is 0 Å². The first-order valence-electron chi connectivity index (χ1n) is 0. The molecule has 0 fully saturated rings. The average molecular weight is 345 g/mol. The van der Waals surface area contributed by atoms with E-state index < -0.39 is 0 Å². The van der Waals surface area contributed by atoms with Crippen molar-refractivity contribution in [3.63, 3.8) is 0 Å². The molecular weight excluding hydrogens is 342 g/mol. The summed E-state index contributed by atoms with van der Waals surface area (Å²) >= 11 is 0. The second-order valence-corrected chi connectivity index (χ2v) is 0. The molecule has 0 bridgehead atoms. The Hall–Kier alpha value is 6.75. The van der Waals surface area contributed by atoms with E-state index in [0.29, 0.717) is 0 Å². The summed E-state index contributed by atoms with van der Waals surface area (Å²) < 4.78 is 0. The minimum atomic E-state index is 0. The molecule has 8 heteroatoms. The van der Waals surface area contributed by atoms with Gasteiger partial charge < -0.3 is 0 Å². The smallest absolute Gasteiger partial charge is 0 e. The van der Waals surface area contributed by atoms with Crippen LogP contribution in [0.3, 0.4) is 0 Å². The summed E-state index contributed by atoms with van der Waals surface area (Å²) in [5.41, 5.74) is 0. The first-order valence-corrected chi connectivity index (χ1v) is 0. The third kappa shape index (κ3) is 38.6. The molecule has 0 aliphatic rings. The van der Waals surface area contributed by atoms with Crippen LogP contribution in [0.5, 0.6) is 0 Å². The molecule has 0 aromatic carbocycles. The summed E-state index contributed by atoms with van der Waals surface area (Å²) in [5, 5.41) is 0. The normalized spacial score (nSPS) is 0. The molecule has 0 heterocycles. The number of hydrogen-bond acceptors (Lipinski definition) is 0. The minimum absolute atomic E-state index is 0. The predicted molar refractivity (Wildman–Crippen MR) is 34.1 cm³/mol. The molecule has 0 spiro atoms. The second-order valence-electron chi connectivity index (χ2n) is 0. The van der Waals surface area contributed by atoms with Crippen LogP contribution in [0.2, 0.25) is 0 Å². The molecule has 35 valence electrons. The standard InChI is InChI=1S/Ca.Cu.Fe.K.Mg.Na.H3P.Zn/h;;;;;;1H3;. The SMILES string of the molecule is P.[Ca].[Cu].[Fe].[K].[Mg].[Na].[Zn]. The Morgan fingerprint density at radius 2 is 1.00 bits per heavy atom. The van der Waals surface area contributed by atoms with Gasteiger partial charge in [0.2, 0.25) is 0 Å². The summed E-state index contributed by atoms with van der Waals surface area (Å²) in [6.07, 6.45) is 0. The van der Waals surface area contributed by atoms with Crippen molar-refractivity contribution in [3.05, 3.63) is 0 Å². The van der Waals surface area contributed by atoms with Crippen LogP contribution in [0, 0.1) is 0 Å². The van der Waals surface area contributed by atoms with Gasteiger partial charge in [0.25, 0.3) is 0 Å². The first-order chi connectivity index (χ1) is 0. The average Bonchev–Trinajstić information content (AvgIpc) is 0. The molecule has 0 rings (SSSR count). The van der Waals surface area contributed by atoms with Crippen molar-refractivity contribution >= 4 is 152 Å². The van der Waals surface area contributed by atoms with Crippen molar-refractivity contribution in [2.45, 2.75) is 0 Å². The van der Waals surface area contributed by atoms with Crippen molar-refractivity contribution in [2.24, 2.45) is 0 Å². The van der Waals surface area contributed by atoms with E-state index in [-0.39, 0.29) is 205 Å². The van der Waals surface area contributed by atoms with Crippen LogP contribution < -0.4 is 0 Å². The molecule has 0 N–H and O–H groups in total. The van der Waals surface area contributed by atoms with E-state index in [1.165, 1.54) is 0 Å². The van der Waals surface area contributed by atoms with Crippen LogP contribution in [0.25, 0.3) is 0 Å². The molecule has 0 amide bonds. The molecule has 0 aliphatic carbocycles. The van der Waals surface area contributed by atoms with Gasteiger partial charge in [-0.1, -0.05) is 0 Å². The molecule has 0 saturated heterocycles. The fourth-order valence-corrected chi connectivity index (χ4v) is 0. The summed E-state index contributed by atoms with van der Waals surface area (Å²) in [4.78, 5) is 0. The molecule has 0 aromatic heterocycles. The van der Waals surface area contributed by atoms with Crippen molar-refractivity contribution in [3.8, 4) is 0 Å². The Morgan fingerprint density at radius 1 is 1.00 bits per heavy atom. The Balaban J connectivity index is 0. The Bertz CT molecular complexity index is 24.0. The van der Waals surface area contributed by atoms with Gasteiger partial charge in [0, 0.05) is 195 Å². The van der Waals surface area contributed by atoms with Crippen molar-refractivity contribution in [1.29, 1.82) is 0 Å². The van der Waals surface area contributed by atoms with Gasteiger partial charge in [0.15, 0.2) is 0 Å². The van der Waals surface area contributed by atoms with Gasteiger partial charge in [-0.15, -0.1) is 0 Å². The number of rotatable bonds is 0. The summed E-state index contributed by atoms with van der Waals surface area (Å²) in [6, 6.07) is 0. The Kier molecular flexibility index (Phi) is 375. The van der Waals surface area contributed by atoms with Crippen LogP contribution in [0.4, 0.5) is 0 Å². The zero-order valence-electron chi connectivity index (χ0n) is 5.48. The van der Waals surface area contributed by atoms with Crippen LogP contribution in [0.15, 0.2) is 0 Å². The van der Waals surface area contributed by atoms with E-state index in [0.717, 1.165) is 0 Å². The van der Waals surface area contributed by atoms with Gasteiger partial charge in [-0.05, 0) is 0 Å². The van der Waals surface area contributed by atoms with E-state index in [1.807, 2.05) is 0 Å². The topological polar surface area (TPSA) is 0 Å². The molecule has 0 aromatic rings. The summed E-state index contributed by atoms with van der Waals surface area (Å²) in [7, 11) is 0. The van der Waals surface area contributed by atoms with Crippen molar-refractivity contribution in [2.75, 3.05) is 0 Å². The maximum absolute atomic E-state index is 0. The zero-order valence-corrected chi connectivity index (χ0v) is 20.7. The first kappa shape index (κ1) is 61.2. The van der Waals surface area contributed by atoms with E-state index in [2.05, 4.69) is 0 Å². The van der Waals surface area contributed by atoms with E-state index in [4.69, 9.17) is 0 Å². The molecular formula is H3CaCuFeKMgNaPZn. The van der Waals surface area contributed by atoms with Crippen LogP contribution in [-0.4, -0.2) is 142 Å². The summed E-state index contributed by atoms with van der Waals surface area (Å²) in [5.74, 6) is 0. The second kappa shape index (κ2) is 49.0. The van der Waals surface area contributed by atoms with E-state index in [9.17, 15) is 0 Å². The third-order valence-electron chi connectivity index (χ3n) is 0. The minimum Gasteiger partial charge on any atom is -0.153 e. The third-order valence-corrected chi connectivity index (χ3v) is 0. The predicted octanol–water partition coefficient (Wildman–Crippen LogP) is -1.47. The zero-order chi connectivity index (χ0) is 0. The molecule has 7 radical (unpaired) electrons. The van der Waals surface area contributed by atoms with Gasteiger partial charge >= 0.3 is 0 Å². The van der Waals surface area contributed by atoms with Gasteiger partial charge in [0.05, 0.1) is 0 Å².